The number of hydrogen-bond acceptors (Lipinski definition) is 5. The molecule has 2 aromatic carbocycles. The van der Waals surface area contributed by atoms with Crippen molar-refractivity contribution in [3.63, 3.8) is 0 Å². The van der Waals surface area contributed by atoms with Crippen LogP contribution >= 0.6 is 23.4 Å². The van der Waals surface area contributed by atoms with E-state index < -0.39 is 0 Å². The molecule has 0 fully saturated rings. The highest BCUT2D eigenvalue weighted by atomic mass is 35.5. The van der Waals surface area contributed by atoms with Gasteiger partial charge in [0.2, 0.25) is 0 Å². The molecule has 0 bridgehead atoms. The number of carbonyl (C=O) groups is 1. The standard InChI is InChI=1S/C19H18ClN5O2S/c1-2-25-18(14-6-8-15(20)9-7-14)23-24-19(25)28-12-17(27)22-21-11-13-4-3-5-16(26)10-13/h3-11H,2,12H2,1H3,(H2,22,26,27)/p+1. The molecule has 1 heterocycles. The first-order valence-corrected chi connectivity index (χ1v) is 9.91. The highest BCUT2D eigenvalue weighted by molar-refractivity contribution is 7.99. The van der Waals surface area contributed by atoms with Gasteiger partial charge in [-0.15, -0.1) is 5.10 Å². The molecule has 3 rings (SSSR count). The minimum Gasteiger partial charge on any atom is -0.508 e. The molecule has 7 nitrogen and oxygen atoms in total. The Bertz CT molecular complexity index is 988. The molecule has 0 unspecified atom stereocenters. The first-order valence-electron chi connectivity index (χ1n) is 8.54. The van der Waals surface area contributed by atoms with E-state index in [4.69, 9.17) is 11.6 Å². The molecular weight excluding hydrogens is 398 g/mol. The largest absolute Gasteiger partial charge is 0.508 e. The summed E-state index contributed by atoms with van der Waals surface area (Å²) in [5.41, 5.74) is 4.12. The van der Waals surface area contributed by atoms with Crippen molar-refractivity contribution in [2.75, 3.05) is 5.75 Å². The first kappa shape index (κ1) is 19.9. The summed E-state index contributed by atoms with van der Waals surface area (Å²) >= 11 is 7.26. The molecule has 28 heavy (non-hydrogen) atoms. The van der Waals surface area contributed by atoms with Gasteiger partial charge in [-0.1, -0.05) is 23.7 Å². The van der Waals surface area contributed by atoms with Crippen LogP contribution in [0.3, 0.4) is 0 Å². The fraction of sp³-hybridized carbons (Fsp3) is 0.158. The molecule has 0 aliphatic rings. The molecule has 144 valence electrons. The quantitative estimate of drug-likeness (QED) is 0.239. The van der Waals surface area contributed by atoms with E-state index in [0.717, 1.165) is 11.4 Å². The van der Waals surface area contributed by atoms with Crippen LogP contribution in [0.4, 0.5) is 0 Å². The Morgan fingerprint density at radius 3 is 2.86 bits per heavy atom. The molecule has 0 aliphatic heterocycles. The van der Waals surface area contributed by atoms with E-state index in [9.17, 15) is 9.90 Å². The average Bonchev–Trinajstić information content (AvgIpc) is 3.10. The number of phenols is 1. The molecule has 3 N–H and O–H groups in total. The van der Waals surface area contributed by atoms with E-state index in [2.05, 4.69) is 20.7 Å². The van der Waals surface area contributed by atoms with Crippen LogP contribution in [0.25, 0.3) is 11.4 Å². The lowest BCUT2D eigenvalue weighted by molar-refractivity contribution is -0.719. The van der Waals surface area contributed by atoms with Crippen molar-refractivity contribution in [2.24, 2.45) is 5.10 Å². The lowest BCUT2D eigenvalue weighted by Gasteiger charge is -2.01. The summed E-state index contributed by atoms with van der Waals surface area (Å²) < 4.78 is 2.00. The van der Waals surface area contributed by atoms with Gasteiger partial charge in [0.15, 0.2) is 0 Å². The van der Waals surface area contributed by atoms with Crippen molar-refractivity contribution in [1.29, 1.82) is 0 Å². The highest BCUT2D eigenvalue weighted by Crippen LogP contribution is 2.19. The van der Waals surface area contributed by atoms with E-state index >= 15 is 0 Å². The summed E-state index contributed by atoms with van der Waals surface area (Å²) in [6, 6.07) is 14.1. The molecule has 9 heteroatoms. The minimum absolute atomic E-state index is 0.143. The maximum atomic E-state index is 12.0. The predicted octanol–water partition coefficient (Wildman–Crippen LogP) is 2.99. The topological polar surface area (TPSA) is 94.2 Å². The molecule has 0 aliphatic carbocycles. The van der Waals surface area contributed by atoms with Crippen molar-refractivity contribution in [3.05, 3.63) is 59.1 Å². The highest BCUT2D eigenvalue weighted by Gasteiger charge is 2.21. The fourth-order valence-corrected chi connectivity index (χ4v) is 3.43. The number of nitrogens with zero attached hydrogens (tertiary/aromatic N) is 3. The smallest absolute Gasteiger partial charge is 0.337 e. The summed E-state index contributed by atoms with van der Waals surface area (Å²) in [6.07, 6.45) is 1.47. The molecule has 0 spiro atoms. The van der Waals surface area contributed by atoms with Gasteiger partial charge in [-0.3, -0.25) is 4.79 Å². The summed E-state index contributed by atoms with van der Waals surface area (Å²) in [7, 11) is 0. The predicted molar refractivity (Wildman–Crippen MR) is 109 cm³/mol. The van der Waals surface area contributed by atoms with Gasteiger partial charge in [-0.25, -0.2) is 9.99 Å². The fourth-order valence-electron chi connectivity index (χ4n) is 2.50. The molecule has 1 aromatic heterocycles. The third-order valence-corrected chi connectivity index (χ3v) is 5.03. The van der Waals surface area contributed by atoms with Gasteiger partial charge in [0.25, 0.3) is 11.7 Å². The Morgan fingerprint density at radius 2 is 2.14 bits per heavy atom. The van der Waals surface area contributed by atoms with E-state index in [1.807, 2.05) is 35.8 Å². The van der Waals surface area contributed by atoms with Crippen LogP contribution in [0.1, 0.15) is 12.5 Å². The van der Waals surface area contributed by atoms with Crippen LogP contribution in [-0.2, 0) is 11.3 Å². The van der Waals surface area contributed by atoms with E-state index in [0.29, 0.717) is 22.3 Å². The number of hydrazone groups is 1. The van der Waals surface area contributed by atoms with Gasteiger partial charge < -0.3 is 5.11 Å². The molecule has 0 radical (unpaired) electrons. The van der Waals surface area contributed by atoms with Crippen LogP contribution < -0.4 is 9.99 Å². The van der Waals surface area contributed by atoms with Crippen molar-refractivity contribution in [3.8, 4) is 17.1 Å². The van der Waals surface area contributed by atoms with E-state index in [-0.39, 0.29) is 17.4 Å². The zero-order valence-electron chi connectivity index (χ0n) is 15.1. The number of H-pyrrole nitrogens is 1. The second-order valence-electron chi connectivity index (χ2n) is 5.78. The molecule has 1 amide bonds. The van der Waals surface area contributed by atoms with Crippen molar-refractivity contribution >= 4 is 35.5 Å². The Hall–Kier alpha value is -2.84. The lowest BCUT2D eigenvalue weighted by Crippen LogP contribution is -2.36. The maximum Gasteiger partial charge on any atom is 0.337 e. The number of aromatic nitrogens is 3. The number of aromatic amines is 1. The van der Waals surface area contributed by atoms with Crippen molar-refractivity contribution < 1.29 is 14.5 Å². The van der Waals surface area contributed by atoms with Gasteiger partial charge in [0.1, 0.15) is 5.75 Å². The Morgan fingerprint density at radius 1 is 1.36 bits per heavy atom. The molecule has 0 atom stereocenters. The number of rotatable bonds is 7. The number of aromatic hydroxyl groups is 1. The summed E-state index contributed by atoms with van der Waals surface area (Å²) in [4.78, 5) is 12.0. The normalized spacial score (nSPS) is 11.1. The zero-order chi connectivity index (χ0) is 19.9. The molecule has 0 saturated heterocycles. The number of nitrogens with one attached hydrogen (secondary N) is 2. The molecular formula is C19H19ClN5O2S+. The van der Waals surface area contributed by atoms with E-state index in [1.54, 1.807) is 24.3 Å². The van der Waals surface area contributed by atoms with Gasteiger partial charge in [0, 0.05) is 5.02 Å². The average molecular weight is 417 g/mol. The van der Waals surface area contributed by atoms with Gasteiger partial charge >= 0.3 is 5.16 Å². The Labute approximate surface area is 171 Å². The van der Waals surface area contributed by atoms with Crippen molar-refractivity contribution in [1.82, 2.24) is 15.6 Å². The van der Waals surface area contributed by atoms with Gasteiger partial charge in [-0.2, -0.15) is 5.10 Å². The SMILES string of the molecule is CC[n+]1c(SCC(=O)NN=Cc2cccc(O)c2)n[nH]c1-c1ccc(Cl)cc1. The number of benzene rings is 2. The van der Waals surface area contributed by atoms with Crippen LogP contribution in [0.5, 0.6) is 5.75 Å². The molecule has 3 aromatic rings. The molecule has 0 saturated carbocycles. The summed E-state index contributed by atoms with van der Waals surface area (Å²) in [6.45, 7) is 2.71. The van der Waals surface area contributed by atoms with E-state index in [1.165, 1.54) is 18.0 Å². The second-order valence-corrected chi connectivity index (χ2v) is 7.16. The van der Waals surface area contributed by atoms with Crippen LogP contribution in [-0.4, -0.2) is 33.2 Å². The zero-order valence-corrected chi connectivity index (χ0v) is 16.7. The van der Waals surface area contributed by atoms with Crippen LogP contribution in [0, 0.1) is 0 Å². The third-order valence-electron chi connectivity index (χ3n) is 3.80. The Kier molecular flexibility index (Phi) is 6.67. The Balaban J connectivity index is 1.59. The number of hydrogen-bond donors (Lipinski definition) is 3. The van der Waals surface area contributed by atoms with Crippen LogP contribution in [0.2, 0.25) is 5.02 Å². The third kappa shape index (κ3) is 5.11. The van der Waals surface area contributed by atoms with Crippen LogP contribution in [0.15, 0.2) is 58.8 Å². The minimum atomic E-state index is -0.250. The maximum absolute atomic E-state index is 12.0. The van der Waals surface area contributed by atoms with Crippen molar-refractivity contribution in [2.45, 2.75) is 18.6 Å². The van der Waals surface area contributed by atoms with Gasteiger partial charge in [0.05, 0.1) is 29.2 Å². The number of halogens is 1. The summed E-state index contributed by atoms with van der Waals surface area (Å²) in [5, 5.41) is 22.0. The first-order chi connectivity index (χ1) is 13.6. The number of amides is 1. The lowest BCUT2D eigenvalue weighted by atomic mass is 10.2. The monoisotopic (exact) mass is 416 g/mol. The second kappa shape index (κ2) is 9.38. The number of thioether (sulfide) groups is 1. The number of carbonyl (C=O) groups excluding carboxylic acids is 1. The summed E-state index contributed by atoms with van der Waals surface area (Å²) in [5.74, 6) is 0.913. The van der Waals surface area contributed by atoms with Gasteiger partial charge in [-0.05, 0) is 60.6 Å². The number of phenolic OH excluding ortho intramolecular Hbond substituents is 1.